The highest BCUT2D eigenvalue weighted by atomic mass is 35.5. The van der Waals surface area contributed by atoms with Crippen molar-refractivity contribution in [3.8, 4) is 0 Å². The molecule has 11 heavy (non-hydrogen) atoms. The first-order chi connectivity index (χ1) is 5.27. The van der Waals surface area contributed by atoms with Crippen molar-refractivity contribution in [2.75, 3.05) is 5.73 Å². The van der Waals surface area contributed by atoms with E-state index < -0.39 is 0 Å². The average molecular weight is 170 g/mol. The van der Waals surface area contributed by atoms with Crippen LogP contribution in [-0.2, 0) is 0 Å². The van der Waals surface area contributed by atoms with Crippen molar-refractivity contribution in [2.45, 2.75) is 0 Å². The second-order valence-corrected chi connectivity index (χ2v) is 2.45. The van der Waals surface area contributed by atoms with Crippen LogP contribution in [-0.4, -0.2) is 19.8 Å². The topological polar surface area (TPSA) is 69.1 Å². The number of rotatable bonds is 0. The number of nitrogens with two attached hydrogens (primary N) is 1. The average Bonchev–Trinajstić information content (AvgIpc) is 2.32. The molecule has 0 saturated heterocycles. The number of halogens is 1. The van der Waals surface area contributed by atoms with Crippen LogP contribution in [0.15, 0.2) is 12.4 Å². The van der Waals surface area contributed by atoms with Crippen LogP contribution in [0.1, 0.15) is 0 Å². The summed E-state index contributed by atoms with van der Waals surface area (Å²) in [6.07, 6.45) is 3.09. The lowest BCUT2D eigenvalue weighted by atomic mass is 10.6. The smallest absolute Gasteiger partial charge is 0.199 e. The Kier molecular flexibility index (Phi) is 1.19. The Labute approximate surface area is 66.8 Å². The van der Waals surface area contributed by atoms with Crippen molar-refractivity contribution < 1.29 is 0 Å². The zero-order valence-corrected chi connectivity index (χ0v) is 6.15. The van der Waals surface area contributed by atoms with Gasteiger partial charge in [0.1, 0.15) is 0 Å². The molecule has 5 nitrogen and oxygen atoms in total. The summed E-state index contributed by atoms with van der Waals surface area (Å²) in [6.45, 7) is 0. The zero-order valence-electron chi connectivity index (χ0n) is 5.40. The van der Waals surface area contributed by atoms with Gasteiger partial charge in [-0.15, -0.1) is 5.10 Å². The third kappa shape index (κ3) is 0.894. The predicted molar refractivity (Wildman–Crippen MR) is 40.2 cm³/mol. The predicted octanol–water partition coefficient (Wildman–Crippen LogP) is 0.360. The van der Waals surface area contributed by atoms with Gasteiger partial charge in [0.2, 0.25) is 0 Å². The van der Waals surface area contributed by atoms with Crippen molar-refractivity contribution in [1.82, 2.24) is 19.8 Å². The lowest BCUT2D eigenvalue weighted by molar-refractivity contribution is 0.848. The normalized spacial score (nSPS) is 10.6. The van der Waals surface area contributed by atoms with Crippen LogP contribution in [0.2, 0.25) is 5.02 Å². The highest BCUT2D eigenvalue weighted by Gasteiger charge is 2.01. The van der Waals surface area contributed by atoms with Gasteiger partial charge in [-0.25, -0.2) is 4.98 Å². The molecular formula is C5H4ClN5. The van der Waals surface area contributed by atoms with Gasteiger partial charge in [-0.1, -0.05) is 16.8 Å². The maximum absolute atomic E-state index is 5.64. The molecule has 0 aliphatic rings. The minimum atomic E-state index is 0.307. The van der Waals surface area contributed by atoms with E-state index in [0.717, 1.165) is 0 Å². The van der Waals surface area contributed by atoms with E-state index in [2.05, 4.69) is 15.3 Å². The van der Waals surface area contributed by atoms with E-state index in [1.165, 1.54) is 10.7 Å². The molecule has 0 radical (unpaired) electrons. The van der Waals surface area contributed by atoms with Crippen LogP contribution < -0.4 is 5.73 Å². The Bertz CT molecular complexity index is 395. The molecule has 2 rings (SSSR count). The summed E-state index contributed by atoms with van der Waals surface area (Å²) in [5, 5.41) is 7.78. The number of fused-ring (bicyclic) bond motifs is 1. The summed E-state index contributed by atoms with van der Waals surface area (Å²) in [7, 11) is 0. The van der Waals surface area contributed by atoms with Gasteiger partial charge in [-0.05, 0) is 0 Å². The fourth-order valence-electron chi connectivity index (χ4n) is 0.786. The standard InChI is InChI=1S/C5H4ClN5/c6-3-1-8-5-4(7)9-10-11(5)2-3/h1-2H,7H2. The highest BCUT2D eigenvalue weighted by Crippen LogP contribution is 2.09. The lowest BCUT2D eigenvalue weighted by Gasteiger charge is -1.90. The van der Waals surface area contributed by atoms with E-state index in [1.54, 1.807) is 6.20 Å². The first-order valence-electron chi connectivity index (χ1n) is 2.89. The minimum Gasteiger partial charge on any atom is -0.379 e. The van der Waals surface area contributed by atoms with Crippen LogP contribution >= 0.6 is 11.6 Å². The van der Waals surface area contributed by atoms with Gasteiger partial charge in [0.05, 0.1) is 11.2 Å². The highest BCUT2D eigenvalue weighted by molar-refractivity contribution is 6.30. The van der Waals surface area contributed by atoms with E-state index in [-0.39, 0.29) is 0 Å². The van der Waals surface area contributed by atoms with Crippen molar-refractivity contribution in [3.05, 3.63) is 17.4 Å². The molecule has 2 N–H and O–H groups in total. The molecule has 0 aliphatic carbocycles. The van der Waals surface area contributed by atoms with Gasteiger partial charge in [0.25, 0.3) is 0 Å². The Morgan fingerprint density at radius 3 is 3.18 bits per heavy atom. The molecule has 0 amide bonds. The van der Waals surface area contributed by atoms with Crippen LogP contribution in [0.25, 0.3) is 5.65 Å². The van der Waals surface area contributed by atoms with Crippen LogP contribution in [0.4, 0.5) is 5.82 Å². The molecule has 6 heteroatoms. The van der Waals surface area contributed by atoms with Gasteiger partial charge < -0.3 is 5.73 Å². The number of hydrogen-bond donors (Lipinski definition) is 1. The number of aromatic nitrogens is 4. The molecule has 0 bridgehead atoms. The van der Waals surface area contributed by atoms with Gasteiger partial charge in [-0.2, -0.15) is 4.52 Å². The zero-order chi connectivity index (χ0) is 7.84. The summed E-state index contributed by atoms with van der Waals surface area (Å²) in [5.74, 6) is 0.307. The molecule has 0 fully saturated rings. The molecule has 2 aromatic heterocycles. The second kappa shape index (κ2) is 2.06. The number of anilines is 1. The summed E-state index contributed by atoms with van der Waals surface area (Å²) in [4.78, 5) is 3.92. The molecule has 0 aromatic carbocycles. The fourth-order valence-corrected chi connectivity index (χ4v) is 0.927. The summed E-state index contributed by atoms with van der Waals surface area (Å²) in [6, 6.07) is 0. The molecule has 0 atom stereocenters. The Morgan fingerprint density at radius 1 is 1.55 bits per heavy atom. The van der Waals surface area contributed by atoms with E-state index in [1.807, 2.05) is 0 Å². The maximum Gasteiger partial charge on any atom is 0.199 e. The van der Waals surface area contributed by atoms with Gasteiger partial charge in [-0.3, -0.25) is 0 Å². The Hall–Kier alpha value is -1.36. The summed E-state index contributed by atoms with van der Waals surface area (Å²) < 4.78 is 1.43. The maximum atomic E-state index is 5.64. The largest absolute Gasteiger partial charge is 0.379 e. The molecule has 0 saturated carbocycles. The van der Waals surface area contributed by atoms with Crippen molar-refractivity contribution in [2.24, 2.45) is 0 Å². The molecular weight excluding hydrogens is 166 g/mol. The quantitative estimate of drug-likeness (QED) is 0.618. The SMILES string of the molecule is Nc1nnn2cc(Cl)cnc12. The third-order valence-electron chi connectivity index (χ3n) is 1.25. The van der Waals surface area contributed by atoms with Crippen molar-refractivity contribution >= 4 is 23.1 Å². The van der Waals surface area contributed by atoms with Crippen LogP contribution in [0, 0.1) is 0 Å². The van der Waals surface area contributed by atoms with E-state index in [4.69, 9.17) is 17.3 Å². The number of nitrogens with zero attached hydrogens (tertiary/aromatic N) is 4. The minimum absolute atomic E-state index is 0.307. The van der Waals surface area contributed by atoms with Crippen LogP contribution in [0.5, 0.6) is 0 Å². The van der Waals surface area contributed by atoms with E-state index in [0.29, 0.717) is 16.5 Å². The Balaban J connectivity index is 2.86. The summed E-state index contributed by atoms with van der Waals surface area (Å²) in [5.41, 5.74) is 5.95. The molecule has 0 spiro atoms. The Morgan fingerprint density at radius 2 is 2.36 bits per heavy atom. The van der Waals surface area contributed by atoms with Crippen LogP contribution in [0.3, 0.4) is 0 Å². The van der Waals surface area contributed by atoms with E-state index in [9.17, 15) is 0 Å². The van der Waals surface area contributed by atoms with Gasteiger partial charge >= 0.3 is 0 Å². The van der Waals surface area contributed by atoms with Crippen molar-refractivity contribution in [3.63, 3.8) is 0 Å². The molecule has 0 unspecified atom stereocenters. The second-order valence-electron chi connectivity index (χ2n) is 2.02. The molecule has 0 aliphatic heterocycles. The van der Waals surface area contributed by atoms with E-state index >= 15 is 0 Å². The fraction of sp³-hybridized carbons (Fsp3) is 0. The monoisotopic (exact) mass is 169 g/mol. The molecule has 2 heterocycles. The molecule has 2 aromatic rings. The first-order valence-corrected chi connectivity index (χ1v) is 3.27. The third-order valence-corrected chi connectivity index (χ3v) is 1.45. The summed E-state index contributed by atoms with van der Waals surface area (Å²) >= 11 is 5.64. The first kappa shape index (κ1) is 6.36. The van der Waals surface area contributed by atoms with Gasteiger partial charge in [0, 0.05) is 6.20 Å². The number of nitrogen functional groups attached to an aromatic ring is 1. The van der Waals surface area contributed by atoms with Gasteiger partial charge in [0.15, 0.2) is 11.5 Å². The molecule has 56 valence electrons. The lowest BCUT2D eigenvalue weighted by Crippen LogP contribution is -1.90. The van der Waals surface area contributed by atoms with Crippen molar-refractivity contribution in [1.29, 1.82) is 0 Å². The number of hydrogen-bond acceptors (Lipinski definition) is 4.